The molecule has 0 aliphatic rings. The molecule has 2 aromatic rings. The molecule has 0 radical (unpaired) electrons. The van der Waals surface area contributed by atoms with Crippen LogP contribution in [0.2, 0.25) is 0 Å². The molecule has 0 bridgehead atoms. The zero-order valence-corrected chi connectivity index (χ0v) is 19.3. The predicted octanol–water partition coefficient (Wildman–Crippen LogP) is 5.55. The predicted molar refractivity (Wildman–Crippen MR) is 125 cm³/mol. The highest BCUT2D eigenvalue weighted by Crippen LogP contribution is 2.36. The van der Waals surface area contributed by atoms with Crippen molar-refractivity contribution in [3.05, 3.63) is 69.3 Å². The average molecular weight is 537 g/mol. The molecule has 2 aromatic carbocycles. The summed E-state index contributed by atoms with van der Waals surface area (Å²) in [6.07, 6.45) is 2.19. The van der Waals surface area contributed by atoms with Gasteiger partial charge in [-0.15, -0.1) is 0 Å². The first-order valence-corrected chi connectivity index (χ1v) is 10.7. The van der Waals surface area contributed by atoms with Crippen LogP contribution >= 0.6 is 22.6 Å². The van der Waals surface area contributed by atoms with Crippen LogP contribution in [0.15, 0.2) is 54.6 Å². The van der Waals surface area contributed by atoms with Gasteiger partial charge in [0, 0.05) is 26.5 Å². The Morgan fingerprint density at radius 2 is 1.84 bits per heavy atom. The molecule has 0 fully saturated rings. The van der Waals surface area contributed by atoms with Gasteiger partial charge in [0.1, 0.15) is 11.9 Å². The lowest BCUT2D eigenvalue weighted by atomic mass is 9.92. The van der Waals surface area contributed by atoms with Crippen LogP contribution in [0, 0.1) is 9.49 Å². The van der Waals surface area contributed by atoms with E-state index in [9.17, 15) is 19.5 Å². The number of allylic oxidation sites excluding steroid dienone is 1. The van der Waals surface area contributed by atoms with Crippen LogP contribution in [0.25, 0.3) is 0 Å². The van der Waals surface area contributed by atoms with E-state index in [1.54, 1.807) is 48.5 Å². The van der Waals surface area contributed by atoms with E-state index in [4.69, 9.17) is 9.84 Å². The van der Waals surface area contributed by atoms with Crippen LogP contribution in [0.5, 0.6) is 5.75 Å². The van der Waals surface area contributed by atoms with Gasteiger partial charge >= 0.3 is 12.1 Å². The lowest BCUT2D eigenvalue weighted by molar-refractivity contribution is -0.131. The summed E-state index contributed by atoms with van der Waals surface area (Å²) in [4.78, 5) is 34.6. The molecule has 0 unspecified atom stereocenters. The van der Waals surface area contributed by atoms with Gasteiger partial charge in [-0.2, -0.15) is 0 Å². The van der Waals surface area contributed by atoms with Crippen LogP contribution in [0.1, 0.15) is 48.7 Å². The Morgan fingerprint density at radius 3 is 2.45 bits per heavy atom. The van der Waals surface area contributed by atoms with Crippen molar-refractivity contribution in [3.8, 4) is 5.75 Å². The number of hydrogen-bond acceptors (Lipinski definition) is 5. The van der Waals surface area contributed by atoms with Gasteiger partial charge in [0.05, 0.1) is 0 Å². The molecular formula is C23H24INO6. The highest BCUT2D eigenvalue weighted by atomic mass is 127. The number of aliphatic carboxylic acids is 1. The molecule has 2 rings (SSSR count). The number of benzene rings is 2. The van der Waals surface area contributed by atoms with Gasteiger partial charge in [0.15, 0.2) is 5.78 Å². The molecular weight excluding hydrogens is 513 g/mol. The van der Waals surface area contributed by atoms with E-state index in [0.29, 0.717) is 29.7 Å². The summed E-state index contributed by atoms with van der Waals surface area (Å²) in [5.41, 5.74) is 1.48. The second-order valence-corrected chi connectivity index (χ2v) is 8.33. The normalized spacial score (nSPS) is 12.9. The highest BCUT2D eigenvalue weighted by Gasteiger charge is 2.26. The van der Waals surface area contributed by atoms with E-state index in [-0.39, 0.29) is 17.5 Å². The number of carboxylic acids is 1. The van der Waals surface area contributed by atoms with E-state index in [0.717, 1.165) is 9.65 Å². The van der Waals surface area contributed by atoms with Crippen molar-refractivity contribution < 1.29 is 29.3 Å². The number of nitrogens with one attached hydrogen (secondary N) is 1. The standard InChI is InChI=1S/C23H24INO6/c1-14(5-3-4-6-21(28)29)22(19-13-17(24)9-12-20(19)27)31-23(30)25-18-10-7-16(8-11-18)15(2)26/h4,6-14,22,27H,3,5H2,1-2H3,(H,25,30)(H,28,29)/b6-4+/t14-,22-/m1/s1. The number of anilines is 1. The van der Waals surface area contributed by atoms with Gasteiger partial charge in [-0.3, -0.25) is 10.1 Å². The Balaban J connectivity index is 2.17. The summed E-state index contributed by atoms with van der Waals surface area (Å²) in [6.45, 7) is 3.33. The fraction of sp³-hybridized carbons (Fsp3) is 0.261. The minimum atomic E-state index is -1.02. The number of aromatic hydroxyl groups is 1. The van der Waals surface area contributed by atoms with Crippen LogP contribution < -0.4 is 5.32 Å². The number of carboxylic acid groups (broad SMARTS) is 1. The van der Waals surface area contributed by atoms with Crippen molar-refractivity contribution in [2.24, 2.45) is 5.92 Å². The molecule has 0 saturated carbocycles. The first kappa shape index (κ1) is 24.4. The SMILES string of the molecule is CC(=O)c1ccc(NC(=O)O[C@@H](c2cc(I)ccc2O)[C@H](C)CC/C=C/C(=O)O)cc1. The second-order valence-electron chi connectivity index (χ2n) is 7.08. The van der Waals surface area contributed by atoms with Crippen LogP contribution in [-0.4, -0.2) is 28.1 Å². The number of amides is 1. The summed E-state index contributed by atoms with van der Waals surface area (Å²) < 4.78 is 6.55. The third kappa shape index (κ3) is 7.71. The second kappa shape index (κ2) is 11.5. The lowest BCUT2D eigenvalue weighted by Crippen LogP contribution is -2.22. The number of carbonyl (C=O) groups excluding carboxylic acids is 2. The number of phenols is 1. The highest BCUT2D eigenvalue weighted by molar-refractivity contribution is 14.1. The quantitative estimate of drug-likeness (QED) is 0.220. The summed E-state index contributed by atoms with van der Waals surface area (Å²) in [5, 5.41) is 21.7. The van der Waals surface area contributed by atoms with Crippen LogP contribution in [-0.2, 0) is 9.53 Å². The molecule has 2 atom stereocenters. The maximum atomic E-state index is 12.6. The van der Waals surface area contributed by atoms with E-state index < -0.39 is 18.2 Å². The molecule has 0 aliphatic carbocycles. The maximum Gasteiger partial charge on any atom is 0.412 e. The average Bonchev–Trinajstić information content (AvgIpc) is 2.71. The number of halogens is 1. The number of ether oxygens (including phenoxy) is 1. The number of ketones is 1. The van der Waals surface area contributed by atoms with Crippen molar-refractivity contribution in [1.29, 1.82) is 0 Å². The Kier molecular flexibility index (Phi) is 9.04. The Morgan fingerprint density at radius 1 is 1.16 bits per heavy atom. The largest absolute Gasteiger partial charge is 0.508 e. The first-order chi connectivity index (χ1) is 14.7. The summed E-state index contributed by atoms with van der Waals surface area (Å²) in [5.74, 6) is -1.29. The smallest absolute Gasteiger partial charge is 0.412 e. The molecule has 31 heavy (non-hydrogen) atoms. The van der Waals surface area contributed by atoms with Crippen LogP contribution in [0.4, 0.5) is 10.5 Å². The van der Waals surface area contributed by atoms with E-state index in [2.05, 4.69) is 27.9 Å². The molecule has 7 nitrogen and oxygen atoms in total. The third-order valence-electron chi connectivity index (χ3n) is 4.63. The number of carbonyl (C=O) groups is 3. The Hall–Kier alpha value is -2.88. The third-order valence-corrected chi connectivity index (χ3v) is 5.30. The summed E-state index contributed by atoms with van der Waals surface area (Å²) in [7, 11) is 0. The molecule has 0 spiro atoms. The van der Waals surface area contributed by atoms with Gasteiger partial charge < -0.3 is 14.9 Å². The zero-order chi connectivity index (χ0) is 23.0. The molecule has 0 aromatic heterocycles. The minimum Gasteiger partial charge on any atom is -0.508 e. The Bertz CT molecular complexity index is 971. The van der Waals surface area contributed by atoms with Crippen molar-refractivity contribution >= 4 is 46.1 Å². The fourth-order valence-corrected chi connectivity index (χ4v) is 3.50. The molecule has 164 valence electrons. The molecule has 0 saturated heterocycles. The first-order valence-electron chi connectivity index (χ1n) is 9.64. The van der Waals surface area contributed by atoms with Crippen molar-refractivity contribution in [3.63, 3.8) is 0 Å². The van der Waals surface area contributed by atoms with E-state index in [1.807, 2.05) is 6.92 Å². The topological polar surface area (TPSA) is 113 Å². The lowest BCUT2D eigenvalue weighted by Gasteiger charge is -2.25. The van der Waals surface area contributed by atoms with Crippen molar-refractivity contribution in [1.82, 2.24) is 0 Å². The van der Waals surface area contributed by atoms with Gasteiger partial charge in [-0.05, 0) is 90.7 Å². The van der Waals surface area contributed by atoms with E-state index in [1.165, 1.54) is 6.92 Å². The van der Waals surface area contributed by atoms with Crippen LogP contribution in [0.3, 0.4) is 0 Å². The molecule has 0 aliphatic heterocycles. The summed E-state index contributed by atoms with van der Waals surface area (Å²) >= 11 is 2.11. The number of phenolic OH excluding ortho intramolecular Hbond substituents is 1. The van der Waals surface area contributed by atoms with E-state index >= 15 is 0 Å². The van der Waals surface area contributed by atoms with Gasteiger partial charge in [-0.1, -0.05) is 13.0 Å². The van der Waals surface area contributed by atoms with Crippen molar-refractivity contribution in [2.75, 3.05) is 5.32 Å². The van der Waals surface area contributed by atoms with Gasteiger partial charge in [0.2, 0.25) is 0 Å². The molecule has 1 amide bonds. The number of rotatable bonds is 9. The van der Waals surface area contributed by atoms with Gasteiger partial charge in [-0.25, -0.2) is 9.59 Å². The number of hydrogen-bond donors (Lipinski definition) is 3. The maximum absolute atomic E-state index is 12.6. The van der Waals surface area contributed by atoms with Crippen molar-refractivity contribution in [2.45, 2.75) is 32.8 Å². The zero-order valence-electron chi connectivity index (χ0n) is 17.2. The molecule has 3 N–H and O–H groups in total. The number of Topliss-reactive ketones (excluding diaryl/α,β-unsaturated/α-hetero) is 1. The monoisotopic (exact) mass is 537 g/mol. The Labute approximate surface area is 194 Å². The molecule has 8 heteroatoms. The molecule has 0 heterocycles. The minimum absolute atomic E-state index is 0.0111. The fourth-order valence-electron chi connectivity index (χ4n) is 2.98. The summed E-state index contributed by atoms with van der Waals surface area (Å²) in [6, 6.07) is 11.5. The van der Waals surface area contributed by atoms with Gasteiger partial charge in [0.25, 0.3) is 0 Å².